The SMILES string of the molecule is COc1ccc(C(CO)(CCO[Si](C)(C)C(C)(C)C)NS(=O)(=O)C2CC2)cc1. The molecule has 2 rings (SSSR count). The van der Waals surface area contributed by atoms with Gasteiger partial charge in [-0.1, -0.05) is 32.9 Å². The Labute approximate surface area is 170 Å². The Morgan fingerprint density at radius 2 is 1.75 bits per heavy atom. The van der Waals surface area contributed by atoms with E-state index < -0.39 is 23.9 Å². The predicted octanol–water partition coefficient (Wildman–Crippen LogP) is 3.38. The lowest BCUT2D eigenvalue weighted by atomic mass is 9.89. The summed E-state index contributed by atoms with van der Waals surface area (Å²) in [5.74, 6) is 0.679. The average Bonchev–Trinajstić information content (AvgIpc) is 3.45. The minimum atomic E-state index is -3.50. The van der Waals surface area contributed by atoms with Crippen molar-refractivity contribution in [2.45, 2.75) is 69.0 Å². The van der Waals surface area contributed by atoms with E-state index in [4.69, 9.17) is 9.16 Å². The molecule has 1 aromatic carbocycles. The molecule has 1 atom stereocenters. The fraction of sp³-hybridized carbons (Fsp3) is 0.700. The monoisotopic (exact) mass is 429 g/mol. The first-order chi connectivity index (χ1) is 12.9. The van der Waals surface area contributed by atoms with Crippen LogP contribution in [0.25, 0.3) is 0 Å². The van der Waals surface area contributed by atoms with Crippen LogP contribution >= 0.6 is 0 Å². The maximum atomic E-state index is 12.7. The molecule has 0 amide bonds. The van der Waals surface area contributed by atoms with E-state index in [9.17, 15) is 13.5 Å². The van der Waals surface area contributed by atoms with E-state index in [0.29, 0.717) is 37.2 Å². The highest BCUT2D eigenvalue weighted by atomic mass is 32.2. The number of ether oxygens (including phenoxy) is 1. The molecule has 0 aliphatic heterocycles. The van der Waals surface area contributed by atoms with Crippen molar-refractivity contribution in [1.82, 2.24) is 4.72 Å². The number of sulfonamides is 1. The topological polar surface area (TPSA) is 84.9 Å². The Hall–Kier alpha value is -0.933. The van der Waals surface area contributed by atoms with Crippen LogP contribution in [-0.2, 0) is 20.0 Å². The summed E-state index contributed by atoms with van der Waals surface area (Å²) < 4.78 is 39.7. The smallest absolute Gasteiger partial charge is 0.215 e. The van der Waals surface area contributed by atoms with Crippen molar-refractivity contribution in [3.05, 3.63) is 29.8 Å². The van der Waals surface area contributed by atoms with Crippen molar-refractivity contribution in [3.8, 4) is 5.75 Å². The van der Waals surface area contributed by atoms with Gasteiger partial charge in [-0.05, 0) is 55.1 Å². The van der Waals surface area contributed by atoms with Crippen molar-refractivity contribution in [2.24, 2.45) is 0 Å². The summed E-state index contributed by atoms with van der Waals surface area (Å²) in [5.41, 5.74) is -0.408. The van der Waals surface area contributed by atoms with Crippen molar-refractivity contribution in [3.63, 3.8) is 0 Å². The van der Waals surface area contributed by atoms with Crippen molar-refractivity contribution in [1.29, 1.82) is 0 Å². The second kappa shape index (κ2) is 8.43. The molecule has 1 aliphatic rings. The summed E-state index contributed by atoms with van der Waals surface area (Å²) >= 11 is 0. The van der Waals surface area contributed by atoms with Gasteiger partial charge in [0.1, 0.15) is 5.75 Å². The number of hydrogen-bond donors (Lipinski definition) is 2. The fourth-order valence-electron chi connectivity index (χ4n) is 2.80. The van der Waals surface area contributed by atoms with Gasteiger partial charge in [0.2, 0.25) is 10.0 Å². The summed E-state index contributed by atoms with van der Waals surface area (Å²) in [6, 6.07) is 7.16. The standard InChI is InChI=1S/C20H35NO5SSi/c1-19(2,3)28(5,6)26-14-13-20(15-22,21-27(23,24)18-11-12-18)16-7-9-17(25-4)10-8-16/h7-10,18,21-22H,11-15H2,1-6H3. The summed E-state index contributed by atoms with van der Waals surface area (Å²) in [7, 11) is -3.90. The third kappa shape index (κ3) is 5.36. The summed E-state index contributed by atoms with van der Waals surface area (Å²) in [6.07, 6.45) is 1.69. The van der Waals surface area contributed by atoms with Crippen LogP contribution in [0.4, 0.5) is 0 Å². The molecule has 0 heterocycles. The van der Waals surface area contributed by atoms with E-state index >= 15 is 0 Å². The van der Waals surface area contributed by atoms with Gasteiger partial charge in [-0.2, -0.15) is 0 Å². The lowest BCUT2D eigenvalue weighted by Crippen LogP contribution is -2.51. The van der Waals surface area contributed by atoms with Gasteiger partial charge in [-0.3, -0.25) is 0 Å². The minimum absolute atomic E-state index is 0.0580. The number of aliphatic hydroxyl groups excluding tert-OH is 1. The van der Waals surface area contributed by atoms with Gasteiger partial charge in [-0.25, -0.2) is 13.1 Å². The highest BCUT2D eigenvalue weighted by molar-refractivity contribution is 7.90. The average molecular weight is 430 g/mol. The lowest BCUT2D eigenvalue weighted by molar-refractivity contribution is 0.145. The Bertz CT molecular complexity index is 754. The molecule has 0 spiro atoms. The molecule has 6 nitrogen and oxygen atoms in total. The van der Waals surface area contributed by atoms with Gasteiger partial charge in [0, 0.05) is 6.61 Å². The van der Waals surface area contributed by atoms with E-state index in [-0.39, 0.29) is 16.9 Å². The number of hydrogen-bond acceptors (Lipinski definition) is 5. The van der Waals surface area contributed by atoms with Crippen LogP contribution in [0.3, 0.4) is 0 Å². The number of nitrogens with one attached hydrogen (secondary N) is 1. The molecule has 0 aromatic heterocycles. The number of benzene rings is 1. The Morgan fingerprint density at radius 1 is 1.18 bits per heavy atom. The molecule has 1 saturated carbocycles. The van der Waals surface area contributed by atoms with Crippen LogP contribution in [0.2, 0.25) is 18.1 Å². The molecular weight excluding hydrogens is 394 g/mol. The van der Waals surface area contributed by atoms with Crippen LogP contribution in [0.1, 0.15) is 45.6 Å². The van der Waals surface area contributed by atoms with Crippen molar-refractivity contribution in [2.75, 3.05) is 20.3 Å². The molecular formula is C20H35NO5SSi. The van der Waals surface area contributed by atoms with Gasteiger partial charge in [0.05, 0.1) is 24.5 Å². The van der Waals surface area contributed by atoms with Crippen LogP contribution in [-0.4, -0.2) is 47.4 Å². The first-order valence-corrected chi connectivity index (χ1v) is 14.2. The van der Waals surface area contributed by atoms with Crippen LogP contribution in [0.5, 0.6) is 5.75 Å². The number of rotatable bonds is 10. The zero-order valence-corrected chi connectivity index (χ0v) is 19.7. The van der Waals surface area contributed by atoms with Gasteiger partial charge >= 0.3 is 0 Å². The Kier molecular flexibility index (Phi) is 7.03. The molecule has 0 radical (unpaired) electrons. The maximum absolute atomic E-state index is 12.7. The quantitative estimate of drug-likeness (QED) is 0.557. The van der Waals surface area contributed by atoms with E-state index in [1.165, 1.54) is 0 Å². The predicted molar refractivity (Wildman–Crippen MR) is 115 cm³/mol. The number of aliphatic hydroxyl groups is 1. The van der Waals surface area contributed by atoms with Crippen LogP contribution in [0.15, 0.2) is 24.3 Å². The van der Waals surface area contributed by atoms with E-state index in [1.807, 2.05) is 0 Å². The highest BCUT2D eigenvalue weighted by Crippen LogP contribution is 2.38. The van der Waals surface area contributed by atoms with Gasteiger partial charge in [0.15, 0.2) is 8.32 Å². The summed E-state index contributed by atoms with van der Waals surface area (Å²) in [6.45, 7) is 10.8. The van der Waals surface area contributed by atoms with Gasteiger partial charge < -0.3 is 14.3 Å². The number of methoxy groups -OCH3 is 1. The first-order valence-electron chi connectivity index (χ1n) is 9.79. The Morgan fingerprint density at radius 3 is 2.18 bits per heavy atom. The van der Waals surface area contributed by atoms with Crippen molar-refractivity contribution < 1.29 is 22.7 Å². The van der Waals surface area contributed by atoms with E-state index in [0.717, 1.165) is 0 Å². The van der Waals surface area contributed by atoms with Crippen molar-refractivity contribution >= 4 is 18.3 Å². The van der Waals surface area contributed by atoms with E-state index in [1.54, 1.807) is 31.4 Å². The lowest BCUT2D eigenvalue weighted by Gasteiger charge is -2.38. The largest absolute Gasteiger partial charge is 0.497 e. The normalized spacial score (nSPS) is 18.0. The molecule has 28 heavy (non-hydrogen) atoms. The third-order valence-electron chi connectivity index (χ3n) is 6.01. The fourth-order valence-corrected chi connectivity index (χ4v) is 5.60. The first kappa shape index (κ1) is 23.3. The molecule has 160 valence electrons. The molecule has 1 aromatic rings. The molecule has 0 saturated heterocycles. The Balaban J connectivity index is 2.28. The molecule has 1 aliphatic carbocycles. The summed E-state index contributed by atoms with van der Waals surface area (Å²) in [5, 5.41) is 10.0. The molecule has 8 heteroatoms. The molecule has 1 fully saturated rings. The summed E-state index contributed by atoms with van der Waals surface area (Å²) in [4.78, 5) is 0. The minimum Gasteiger partial charge on any atom is -0.497 e. The molecule has 0 bridgehead atoms. The zero-order valence-electron chi connectivity index (χ0n) is 17.9. The second-order valence-electron chi connectivity index (χ2n) is 9.17. The van der Waals surface area contributed by atoms with Gasteiger partial charge in [-0.15, -0.1) is 0 Å². The van der Waals surface area contributed by atoms with Crippen LogP contribution < -0.4 is 9.46 Å². The van der Waals surface area contributed by atoms with Crippen LogP contribution in [0, 0.1) is 0 Å². The molecule has 1 unspecified atom stereocenters. The van der Waals surface area contributed by atoms with E-state index in [2.05, 4.69) is 38.6 Å². The zero-order chi connectivity index (χ0) is 21.2. The maximum Gasteiger partial charge on any atom is 0.215 e. The van der Waals surface area contributed by atoms with Gasteiger partial charge in [0.25, 0.3) is 0 Å². The second-order valence-corrected chi connectivity index (χ2v) is 15.9. The molecule has 2 N–H and O–H groups in total. The third-order valence-corrected chi connectivity index (χ3v) is 12.6. The highest BCUT2D eigenvalue weighted by Gasteiger charge is 2.44.